The summed E-state index contributed by atoms with van der Waals surface area (Å²) < 4.78 is 10.9. The molecular formula is C16H15Cl2NO3. The Balaban J connectivity index is 1.78. The number of ether oxygens (including phenoxy) is 2. The Morgan fingerprint density at radius 3 is 2.68 bits per heavy atom. The fraction of sp³-hybridized carbons (Fsp3) is 0.438. The monoisotopic (exact) mass is 339 g/mol. The van der Waals surface area contributed by atoms with Crippen molar-refractivity contribution in [2.75, 3.05) is 6.79 Å². The zero-order valence-electron chi connectivity index (χ0n) is 11.8. The number of rotatable bonds is 1. The molecule has 6 heteroatoms. The first-order valence-electron chi connectivity index (χ1n) is 7.31. The first-order valence-corrected chi connectivity index (χ1v) is 8.18. The Labute approximate surface area is 138 Å². The maximum absolute atomic E-state index is 12.4. The van der Waals surface area contributed by atoms with E-state index in [0.29, 0.717) is 6.54 Å². The van der Waals surface area contributed by atoms with Gasteiger partial charge in [0.15, 0.2) is 16.3 Å². The molecule has 0 unspecified atom stereocenters. The zero-order chi connectivity index (χ0) is 15.3. The molecule has 4 rings (SSSR count). The third-order valence-electron chi connectivity index (χ3n) is 4.64. The van der Waals surface area contributed by atoms with E-state index in [4.69, 9.17) is 32.7 Å². The summed E-state index contributed by atoms with van der Waals surface area (Å²) in [6.45, 7) is 0.760. The van der Waals surface area contributed by atoms with Gasteiger partial charge in [-0.25, -0.2) is 0 Å². The summed E-state index contributed by atoms with van der Waals surface area (Å²) in [5, 5.41) is 0. The van der Waals surface area contributed by atoms with Crippen LogP contribution < -0.4 is 9.47 Å². The van der Waals surface area contributed by atoms with Gasteiger partial charge in [-0.1, -0.05) is 35.4 Å². The Bertz CT molecular complexity index is 659. The molecule has 2 aliphatic heterocycles. The Morgan fingerprint density at radius 1 is 1.18 bits per heavy atom. The second kappa shape index (κ2) is 5.36. The number of fused-ring (bicyclic) bond motifs is 4. The van der Waals surface area contributed by atoms with Crippen LogP contribution in [0.4, 0.5) is 0 Å². The van der Waals surface area contributed by atoms with Gasteiger partial charge in [0.25, 0.3) is 5.91 Å². The number of carbonyl (C=O) groups is 1. The molecule has 0 spiro atoms. The zero-order valence-corrected chi connectivity index (χ0v) is 13.3. The number of amides is 1. The van der Waals surface area contributed by atoms with E-state index in [1.54, 1.807) is 0 Å². The second-order valence-electron chi connectivity index (χ2n) is 5.79. The third-order valence-corrected chi connectivity index (χ3v) is 5.02. The maximum atomic E-state index is 12.4. The summed E-state index contributed by atoms with van der Waals surface area (Å²) in [6.07, 6.45) is 6.01. The number of halogens is 2. The summed E-state index contributed by atoms with van der Waals surface area (Å²) in [7, 11) is 0. The largest absolute Gasteiger partial charge is 0.454 e. The van der Waals surface area contributed by atoms with Crippen molar-refractivity contribution in [3.8, 4) is 11.5 Å². The van der Waals surface area contributed by atoms with Gasteiger partial charge >= 0.3 is 0 Å². The summed E-state index contributed by atoms with van der Waals surface area (Å²) in [5.41, 5.74) is 2.33. The fourth-order valence-corrected chi connectivity index (χ4v) is 3.88. The quantitative estimate of drug-likeness (QED) is 0.581. The highest BCUT2D eigenvalue weighted by Crippen LogP contribution is 2.45. The van der Waals surface area contributed by atoms with Gasteiger partial charge in [-0.2, -0.15) is 0 Å². The van der Waals surface area contributed by atoms with Crippen molar-refractivity contribution in [2.24, 2.45) is 0 Å². The molecule has 0 N–H and O–H groups in total. The van der Waals surface area contributed by atoms with Crippen LogP contribution in [-0.4, -0.2) is 28.5 Å². The van der Waals surface area contributed by atoms with E-state index < -0.39 is 4.84 Å². The Hall–Kier alpha value is -1.39. The molecule has 0 radical (unpaired) electrons. The highest BCUT2D eigenvalue weighted by atomic mass is 35.5. The van der Waals surface area contributed by atoms with Gasteiger partial charge < -0.3 is 14.4 Å². The first-order chi connectivity index (χ1) is 10.6. The minimum absolute atomic E-state index is 0.102. The summed E-state index contributed by atoms with van der Waals surface area (Å²) in [4.78, 5) is 13.2. The molecule has 2 heterocycles. The number of hydrogen-bond acceptors (Lipinski definition) is 3. The van der Waals surface area contributed by atoms with Crippen LogP contribution >= 0.6 is 23.2 Å². The van der Waals surface area contributed by atoms with Crippen LogP contribution in [0.15, 0.2) is 24.3 Å². The average Bonchev–Trinajstić information content (AvgIpc) is 2.98. The molecular weight excluding hydrogens is 325 g/mol. The van der Waals surface area contributed by atoms with Crippen LogP contribution in [0.1, 0.15) is 29.9 Å². The Morgan fingerprint density at radius 2 is 1.91 bits per heavy atom. The molecule has 0 saturated heterocycles. The highest BCUT2D eigenvalue weighted by molar-refractivity contribution is 6.53. The molecule has 2 atom stereocenters. The highest BCUT2D eigenvalue weighted by Gasteiger charge is 2.40. The van der Waals surface area contributed by atoms with Gasteiger partial charge in [-0.05, 0) is 36.1 Å². The molecule has 116 valence electrons. The molecule has 22 heavy (non-hydrogen) atoms. The van der Waals surface area contributed by atoms with Crippen LogP contribution in [0.25, 0.3) is 0 Å². The topological polar surface area (TPSA) is 38.8 Å². The predicted molar refractivity (Wildman–Crippen MR) is 83.5 cm³/mol. The molecule has 1 amide bonds. The SMILES string of the molecule is O=C(C(Cl)Cl)N1Cc2cc3c(cc2[C@@H]2CC=CC[C@H]21)OCO3. The molecule has 3 aliphatic rings. The molecule has 4 nitrogen and oxygen atoms in total. The number of carbonyl (C=O) groups excluding carboxylic acids is 1. The predicted octanol–water partition coefficient (Wildman–Crippen LogP) is 3.36. The number of benzene rings is 1. The molecule has 1 aromatic carbocycles. The van der Waals surface area contributed by atoms with Gasteiger partial charge in [0, 0.05) is 18.5 Å². The second-order valence-corrected chi connectivity index (χ2v) is 6.88. The summed E-state index contributed by atoms with van der Waals surface area (Å²) in [5.74, 6) is 1.56. The average molecular weight is 340 g/mol. The van der Waals surface area contributed by atoms with Crippen LogP contribution in [0.2, 0.25) is 0 Å². The lowest BCUT2D eigenvalue weighted by atomic mass is 9.77. The van der Waals surface area contributed by atoms with Crippen molar-refractivity contribution < 1.29 is 14.3 Å². The van der Waals surface area contributed by atoms with Crippen LogP contribution in [0.3, 0.4) is 0 Å². The van der Waals surface area contributed by atoms with Gasteiger partial charge in [0.05, 0.1) is 0 Å². The number of alkyl halides is 2. The third kappa shape index (κ3) is 2.17. The van der Waals surface area contributed by atoms with E-state index >= 15 is 0 Å². The first kappa shape index (κ1) is 14.2. The molecule has 0 bridgehead atoms. The number of nitrogens with zero attached hydrogens (tertiary/aromatic N) is 1. The number of allylic oxidation sites excluding steroid dienone is 1. The maximum Gasteiger partial charge on any atom is 0.256 e. The van der Waals surface area contributed by atoms with E-state index in [1.807, 2.05) is 11.0 Å². The molecule has 0 aromatic heterocycles. The normalized spacial score (nSPS) is 25.1. The van der Waals surface area contributed by atoms with Gasteiger partial charge in [0.2, 0.25) is 6.79 Å². The van der Waals surface area contributed by atoms with E-state index in [1.165, 1.54) is 5.56 Å². The van der Waals surface area contributed by atoms with Crippen molar-refractivity contribution in [1.29, 1.82) is 0 Å². The Kier molecular flexibility index (Phi) is 3.46. The van der Waals surface area contributed by atoms with Gasteiger partial charge in [-0.15, -0.1) is 0 Å². The van der Waals surface area contributed by atoms with E-state index in [9.17, 15) is 4.79 Å². The van der Waals surface area contributed by atoms with E-state index in [0.717, 1.165) is 29.9 Å². The lowest BCUT2D eigenvalue weighted by Gasteiger charge is -2.43. The van der Waals surface area contributed by atoms with E-state index in [-0.39, 0.29) is 24.7 Å². The molecule has 1 aliphatic carbocycles. The summed E-state index contributed by atoms with van der Waals surface area (Å²) >= 11 is 11.7. The smallest absolute Gasteiger partial charge is 0.256 e. The van der Waals surface area contributed by atoms with Gasteiger partial charge in [0.1, 0.15) is 0 Å². The molecule has 0 saturated carbocycles. The lowest BCUT2D eigenvalue weighted by Crippen LogP contribution is -2.49. The van der Waals surface area contributed by atoms with Crippen molar-refractivity contribution in [1.82, 2.24) is 4.90 Å². The van der Waals surface area contributed by atoms with Gasteiger partial charge in [-0.3, -0.25) is 4.79 Å². The van der Waals surface area contributed by atoms with Crippen LogP contribution in [-0.2, 0) is 11.3 Å². The van der Waals surface area contributed by atoms with Crippen LogP contribution in [0.5, 0.6) is 11.5 Å². The van der Waals surface area contributed by atoms with Crippen molar-refractivity contribution >= 4 is 29.1 Å². The van der Waals surface area contributed by atoms with Crippen molar-refractivity contribution in [2.45, 2.75) is 36.2 Å². The van der Waals surface area contributed by atoms with Crippen LogP contribution in [0, 0.1) is 0 Å². The minimum Gasteiger partial charge on any atom is -0.454 e. The van der Waals surface area contributed by atoms with Crippen molar-refractivity contribution in [3.05, 3.63) is 35.4 Å². The molecule has 0 fully saturated rings. The minimum atomic E-state index is -1.03. The van der Waals surface area contributed by atoms with Crippen molar-refractivity contribution in [3.63, 3.8) is 0 Å². The fourth-order valence-electron chi connectivity index (χ4n) is 3.63. The standard InChI is InChI=1S/C16H15Cl2NO3/c17-15(18)16(20)19-7-9-5-13-14(22-8-21-13)6-11(9)10-3-1-2-4-12(10)19/h1-2,5-6,10,12,15H,3-4,7-8H2/t10-,12+/m0/s1. The molecule has 1 aromatic rings. The van der Waals surface area contributed by atoms with E-state index in [2.05, 4.69) is 18.2 Å². The summed E-state index contributed by atoms with van der Waals surface area (Å²) in [6, 6.07) is 4.14. The lowest BCUT2D eigenvalue weighted by molar-refractivity contribution is -0.133. The number of hydrogen-bond donors (Lipinski definition) is 0.